The van der Waals surface area contributed by atoms with Crippen molar-refractivity contribution in [2.75, 3.05) is 0 Å². The SMILES string of the molecule is CCc1ccc(CNC(=O)c2cccc(Br)c2)cc1. The minimum Gasteiger partial charge on any atom is -0.348 e. The van der Waals surface area contributed by atoms with Crippen molar-refractivity contribution >= 4 is 21.8 Å². The number of carbonyl (C=O) groups excluding carboxylic acids is 1. The number of carbonyl (C=O) groups is 1. The molecule has 2 rings (SSSR count). The van der Waals surface area contributed by atoms with E-state index in [4.69, 9.17) is 0 Å². The number of benzene rings is 2. The molecule has 2 aromatic rings. The van der Waals surface area contributed by atoms with Gasteiger partial charge in [0.05, 0.1) is 0 Å². The largest absolute Gasteiger partial charge is 0.348 e. The van der Waals surface area contributed by atoms with Crippen LogP contribution in [0.3, 0.4) is 0 Å². The molecule has 0 aromatic heterocycles. The van der Waals surface area contributed by atoms with Gasteiger partial charge in [0.2, 0.25) is 0 Å². The lowest BCUT2D eigenvalue weighted by molar-refractivity contribution is 0.0951. The molecular weight excluding hydrogens is 302 g/mol. The van der Waals surface area contributed by atoms with Gasteiger partial charge in [-0.3, -0.25) is 4.79 Å². The number of hydrogen-bond donors (Lipinski definition) is 1. The highest BCUT2D eigenvalue weighted by Gasteiger charge is 2.05. The van der Waals surface area contributed by atoms with Crippen molar-refractivity contribution in [1.29, 1.82) is 0 Å². The number of aryl methyl sites for hydroxylation is 1. The molecule has 3 heteroatoms. The van der Waals surface area contributed by atoms with Gasteiger partial charge in [-0.2, -0.15) is 0 Å². The number of hydrogen-bond acceptors (Lipinski definition) is 1. The molecule has 0 saturated carbocycles. The average Bonchev–Trinajstić information content (AvgIpc) is 2.45. The van der Waals surface area contributed by atoms with Crippen molar-refractivity contribution < 1.29 is 4.79 Å². The first-order valence-corrected chi connectivity index (χ1v) is 7.10. The molecule has 19 heavy (non-hydrogen) atoms. The Bertz CT molecular complexity index is 563. The van der Waals surface area contributed by atoms with Crippen LogP contribution >= 0.6 is 15.9 Å². The first-order valence-electron chi connectivity index (χ1n) is 6.30. The van der Waals surface area contributed by atoms with Gasteiger partial charge in [-0.1, -0.05) is 53.2 Å². The third-order valence-corrected chi connectivity index (χ3v) is 3.46. The Hall–Kier alpha value is -1.61. The van der Waals surface area contributed by atoms with E-state index < -0.39 is 0 Å². The Kier molecular flexibility index (Phi) is 4.74. The van der Waals surface area contributed by atoms with Crippen LogP contribution in [0.15, 0.2) is 53.0 Å². The van der Waals surface area contributed by atoms with Gasteiger partial charge >= 0.3 is 0 Å². The van der Waals surface area contributed by atoms with Crippen LogP contribution in [0.5, 0.6) is 0 Å². The Morgan fingerprint density at radius 1 is 1.11 bits per heavy atom. The summed E-state index contributed by atoms with van der Waals surface area (Å²) in [5.74, 6) is -0.0548. The number of nitrogens with one attached hydrogen (secondary N) is 1. The third-order valence-electron chi connectivity index (χ3n) is 2.97. The van der Waals surface area contributed by atoms with E-state index in [0.29, 0.717) is 12.1 Å². The van der Waals surface area contributed by atoms with Gasteiger partial charge < -0.3 is 5.32 Å². The molecule has 0 saturated heterocycles. The summed E-state index contributed by atoms with van der Waals surface area (Å²) in [5, 5.41) is 2.92. The molecule has 0 heterocycles. The summed E-state index contributed by atoms with van der Waals surface area (Å²) in [6.45, 7) is 2.68. The molecule has 1 amide bonds. The maximum absolute atomic E-state index is 12.0. The quantitative estimate of drug-likeness (QED) is 0.909. The first-order chi connectivity index (χ1) is 9.19. The maximum atomic E-state index is 12.0. The first kappa shape index (κ1) is 13.8. The highest BCUT2D eigenvalue weighted by molar-refractivity contribution is 9.10. The summed E-state index contributed by atoms with van der Waals surface area (Å²) in [5.41, 5.74) is 3.09. The maximum Gasteiger partial charge on any atom is 0.251 e. The van der Waals surface area contributed by atoms with E-state index in [9.17, 15) is 4.79 Å². The fourth-order valence-electron chi connectivity index (χ4n) is 1.81. The predicted molar refractivity (Wildman–Crippen MR) is 81.1 cm³/mol. The van der Waals surface area contributed by atoms with E-state index in [0.717, 1.165) is 16.5 Å². The lowest BCUT2D eigenvalue weighted by atomic mass is 10.1. The minimum absolute atomic E-state index is 0.0548. The number of amides is 1. The fourth-order valence-corrected chi connectivity index (χ4v) is 2.21. The smallest absolute Gasteiger partial charge is 0.251 e. The van der Waals surface area contributed by atoms with Crippen molar-refractivity contribution in [3.05, 3.63) is 69.7 Å². The van der Waals surface area contributed by atoms with E-state index in [1.165, 1.54) is 5.56 Å². The summed E-state index contributed by atoms with van der Waals surface area (Å²) in [7, 11) is 0. The molecule has 0 bridgehead atoms. The zero-order valence-electron chi connectivity index (χ0n) is 10.8. The third kappa shape index (κ3) is 3.93. The predicted octanol–water partition coefficient (Wildman–Crippen LogP) is 3.94. The molecule has 0 spiro atoms. The molecule has 0 radical (unpaired) electrons. The molecule has 2 aromatic carbocycles. The van der Waals surface area contributed by atoms with Crippen molar-refractivity contribution in [2.45, 2.75) is 19.9 Å². The van der Waals surface area contributed by atoms with Crippen molar-refractivity contribution in [3.8, 4) is 0 Å². The van der Waals surface area contributed by atoms with E-state index in [2.05, 4.69) is 52.4 Å². The average molecular weight is 318 g/mol. The second kappa shape index (κ2) is 6.53. The summed E-state index contributed by atoms with van der Waals surface area (Å²) in [6.07, 6.45) is 1.03. The van der Waals surface area contributed by atoms with Crippen LogP contribution in [0.2, 0.25) is 0 Å². The zero-order chi connectivity index (χ0) is 13.7. The topological polar surface area (TPSA) is 29.1 Å². The zero-order valence-corrected chi connectivity index (χ0v) is 12.4. The van der Waals surface area contributed by atoms with E-state index in [1.54, 1.807) is 6.07 Å². The van der Waals surface area contributed by atoms with Crippen LogP contribution in [0, 0.1) is 0 Å². The second-order valence-electron chi connectivity index (χ2n) is 4.36. The summed E-state index contributed by atoms with van der Waals surface area (Å²) in [4.78, 5) is 12.0. The van der Waals surface area contributed by atoms with E-state index in [1.807, 2.05) is 18.2 Å². The van der Waals surface area contributed by atoms with Gasteiger partial charge in [-0.25, -0.2) is 0 Å². The van der Waals surface area contributed by atoms with Gasteiger partial charge in [0.25, 0.3) is 5.91 Å². The molecule has 1 N–H and O–H groups in total. The summed E-state index contributed by atoms with van der Waals surface area (Å²) < 4.78 is 0.910. The molecule has 0 unspecified atom stereocenters. The highest BCUT2D eigenvalue weighted by Crippen LogP contribution is 2.12. The Labute approximate surface area is 122 Å². The van der Waals surface area contributed by atoms with Gasteiger partial charge in [0, 0.05) is 16.6 Å². The van der Waals surface area contributed by atoms with Crippen LogP contribution in [-0.4, -0.2) is 5.91 Å². The molecule has 0 aliphatic heterocycles. The fraction of sp³-hybridized carbons (Fsp3) is 0.188. The van der Waals surface area contributed by atoms with Crippen LogP contribution in [0.25, 0.3) is 0 Å². The minimum atomic E-state index is -0.0548. The molecule has 0 fully saturated rings. The second-order valence-corrected chi connectivity index (χ2v) is 5.28. The Morgan fingerprint density at radius 2 is 1.79 bits per heavy atom. The monoisotopic (exact) mass is 317 g/mol. The number of halogens is 1. The van der Waals surface area contributed by atoms with Crippen LogP contribution < -0.4 is 5.32 Å². The standard InChI is InChI=1S/C16H16BrNO/c1-2-12-6-8-13(9-7-12)11-18-16(19)14-4-3-5-15(17)10-14/h3-10H,2,11H2,1H3,(H,18,19). The molecule has 0 atom stereocenters. The van der Waals surface area contributed by atoms with Gasteiger partial charge in [0.15, 0.2) is 0 Å². The highest BCUT2D eigenvalue weighted by atomic mass is 79.9. The normalized spacial score (nSPS) is 10.2. The molecular formula is C16H16BrNO. The van der Waals surface area contributed by atoms with Crippen molar-refractivity contribution in [2.24, 2.45) is 0 Å². The lowest BCUT2D eigenvalue weighted by Gasteiger charge is -2.06. The molecule has 0 aliphatic carbocycles. The summed E-state index contributed by atoms with van der Waals surface area (Å²) in [6, 6.07) is 15.7. The van der Waals surface area contributed by atoms with Crippen LogP contribution in [0.1, 0.15) is 28.4 Å². The van der Waals surface area contributed by atoms with E-state index >= 15 is 0 Å². The lowest BCUT2D eigenvalue weighted by Crippen LogP contribution is -2.22. The van der Waals surface area contributed by atoms with Crippen molar-refractivity contribution in [3.63, 3.8) is 0 Å². The number of rotatable bonds is 4. The van der Waals surface area contributed by atoms with Gasteiger partial charge in [-0.05, 0) is 35.7 Å². The Morgan fingerprint density at radius 3 is 2.42 bits per heavy atom. The van der Waals surface area contributed by atoms with Crippen LogP contribution in [0.4, 0.5) is 0 Å². The van der Waals surface area contributed by atoms with E-state index in [-0.39, 0.29) is 5.91 Å². The van der Waals surface area contributed by atoms with Crippen LogP contribution in [-0.2, 0) is 13.0 Å². The Balaban J connectivity index is 1.96. The van der Waals surface area contributed by atoms with Gasteiger partial charge in [-0.15, -0.1) is 0 Å². The molecule has 0 aliphatic rings. The molecule has 2 nitrogen and oxygen atoms in total. The van der Waals surface area contributed by atoms with Gasteiger partial charge in [0.1, 0.15) is 0 Å². The van der Waals surface area contributed by atoms with Crippen molar-refractivity contribution in [1.82, 2.24) is 5.32 Å². The summed E-state index contributed by atoms with van der Waals surface area (Å²) >= 11 is 3.36. The molecule has 98 valence electrons.